The summed E-state index contributed by atoms with van der Waals surface area (Å²) in [6, 6.07) is 0.264. The maximum absolute atomic E-state index is 14.0. The van der Waals surface area contributed by atoms with Gasteiger partial charge in [-0.2, -0.15) is 0 Å². The zero-order valence-electron chi connectivity index (χ0n) is 16.4. The molecule has 0 saturated heterocycles. The summed E-state index contributed by atoms with van der Waals surface area (Å²) in [5.74, 6) is -9.71. The van der Waals surface area contributed by atoms with Crippen molar-refractivity contribution in [2.24, 2.45) is 0 Å². The zero-order chi connectivity index (χ0) is 20.8. The third-order valence-corrected chi connectivity index (χ3v) is 5.74. The minimum atomic E-state index is -2.15. The molecule has 3 rings (SSSR count). The van der Waals surface area contributed by atoms with Crippen molar-refractivity contribution in [3.05, 3.63) is 53.9 Å². The van der Waals surface area contributed by atoms with E-state index in [1.54, 1.807) is 12.4 Å². The smallest absolute Gasteiger partial charge is 0.200 e. The van der Waals surface area contributed by atoms with Gasteiger partial charge in [0.05, 0.1) is 0 Å². The quantitative estimate of drug-likeness (QED) is 0.289. The highest BCUT2D eigenvalue weighted by atomic mass is 19.2. The molecule has 0 bridgehead atoms. The molecule has 1 aliphatic carbocycles. The van der Waals surface area contributed by atoms with E-state index in [1.807, 2.05) is 4.90 Å². The lowest BCUT2D eigenvalue weighted by Gasteiger charge is -2.32. The van der Waals surface area contributed by atoms with Gasteiger partial charge in [-0.15, -0.1) is 0 Å². The number of hydrogen-bond acceptors (Lipinski definition) is 2. The monoisotopic (exact) mass is 414 g/mol. The van der Waals surface area contributed by atoms with Crippen molar-refractivity contribution in [3.63, 3.8) is 0 Å². The Kier molecular flexibility index (Phi) is 7.56. The standard InChI is InChI=1S/C22H27F5N2/c23-17-18(24)20(26)22(21(27)19(17)25)29-14-12-28(13-15-29)16-10-8-6-4-2-1-3-5-7-9-11-16/h12-16H,1-11H2. The Bertz CT molecular complexity index is 707. The largest absolute Gasteiger partial charge is 0.348 e. The van der Waals surface area contributed by atoms with Gasteiger partial charge < -0.3 is 9.80 Å². The molecular weight excluding hydrogens is 387 g/mol. The molecule has 7 heteroatoms. The molecule has 1 saturated carbocycles. The molecule has 0 N–H and O–H groups in total. The zero-order valence-corrected chi connectivity index (χ0v) is 16.4. The number of hydrogen-bond donors (Lipinski definition) is 0. The Balaban J connectivity index is 1.72. The maximum atomic E-state index is 14.0. The Morgan fingerprint density at radius 3 is 1.34 bits per heavy atom. The molecule has 0 radical (unpaired) electrons. The number of anilines is 1. The summed E-state index contributed by atoms with van der Waals surface area (Å²) < 4.78 is 68.4. The van der Waals surface area contributed by atoms with E-state index in [2.05, 4.69) is 0 Å². The van der Waals surface area contributed by atoms with Crippen LogP contribution in [0.25, 0.3) is 0 Å². The lowest BCUT2D eigenvalue weighted by Crippen LogP contribution is -2.30. The molecule has 2 nitrogen and oxygen atoms in total. The predicted octanol–water partition coefficient (Wildman–Crippen LogP) is 7.12. The van der Waals surface area contributed by atoms with Crippen LogP contribution in [0, 0.1) is 29.1 Å². The average molecular weight is 414 g/mol. The van der Waals surface area contributed by atoms with Gasteiger partial charge in [0.25, 0.3) is 0 Å². The highest BCUT2D eigenvalue weighted by Gasteiger charge is 2.29. The Hall–Kier alpha value is -2.05. The van der Waals surface area contributed by atoms with Crippen LogP contribution in [0.5, 0.6) is 0 Å². The molecule has 2 aliphatic rings. The van der Waals surface area contributed by atoms with Crippen molar-refractivity contribution in [1.82, 2.24) is 4.90 Å². The molecule has 0 unspecified atom stereocenters. The number of halogens is 5. The van der Waals surface area contributed by atoms with E-state index in [1.165, 1.54) is 57.3 Å². The summed E-state index contributed by atoms with van der Waals surface area (Å²) in [5.41, 5.74) is -0.966. The van der Waals surface area contributed by atoms with Gasteiger partial charge in [-0.1, -0.05) is 57.8 Å². The second kappa shape index (κ2) is 10.1. The molecule has 0 atom stereocenters. The Morgan fingerprint density at radius 1 is 0.517 bits per heavy atom. The third kappa shape index (κ3) is 5.11. The minimum absolute atomic E-state index is 0.264. The van der Waals surface area contributed by atoms with Gasteiger partial charge in [-0.3, -0.25) is 0 Å². The van der Waals surface area contributed by atoms with Gasteiger partial charge in [-0.25, -0.2) is 22.0 Å². The summed E-state index contributed by atoms with van der Waals surface area (Å²) in [4.78, 5) is 2.91. The number of rotatable bonds is 2. The SMILES string of the molecule is Fc1c(F)c(F)c(N2C=CN(C3CCCCCCCCCCC3)C=C2)c(F)c1F. The number of nitrogens with zero attached hydrogens (tertiary/aromatic N) is 2. The van der Waals surface area contributed by atoms with Crippen molar-refractivity contribution < 1.29 is 22.0 Å². The molecule has 1 aromatic carbocycles. The molecule has 160 valence electrons. The fraction of sp³-hybridized carbons (Fsp3) is 0.545. The van der Waals surface area contributed by atoms with Crippen LogP contribution in [0.3, 0.4) is 0 Å². The van der Waals surface area contributed by atoms with E-state index in [-0.39, 0.29) is 6.04 Å². The van der Waals surface area contributed by atoms with Crippen LogP contribution in [-0.4, -0.2) is 10.9 Å². The van der Waals surface area contributed by atoms with Crippen LogP contribution >= 0.6 is 0 Å². The minimum Gasteiger partial charge on any atom is -0.348 e. The topological polar surface area (TPSA) is 6.48 Å². The molecule has 1 aliphatic heterocycles. The molecular formula is C22H27F5N2. The van der Waals surface area contributed by atoms with Crippen LogP contribution in [0.1, 0.15) is 70.6 Å². The van der Waals surface area contributed by atoms with Crippen molar-refractivity contribution in [3.8, 4) is 0 Å². The molecule has 1 fully saturated rings. The van der Waals surface area contributed by atoms with E-state index < -0.39 is 34.8 Å². The first kappa shape index (κ1) is 21.7. The fourth-order valence-corrected chi connectivity index (χ4v) is 4.05. The van der Waals surface area contributed by atoms with Gasteiger partial charge in [0.15, 0.2) is 23.3 Å². The van der Waals surface area contributed by atoms with E-state index in [0.29, 0.717) is 0 Å². The maximum Gasteiger partial charge on any atom is 0.200 e. The Morgan fingerprint density at radius 2 is 0.897 bits per heavy atom. The predicted molar refractivity (Wildman–Crippen MR) is 103 cm³/mol. The van der Waals surface area contributed by atoms with Crippen LogP contribution in [-0.2, 0) is 0 Å². The van der Waals surface area contributed by atoms with Gasteiger partial charge in [0.2, 0.25) is 5.82 Å². The summed E-state index contributed by atoms with van der Waals surface area (Å²) in [7, 11) is 0. The second-order valence-corrected chi connectivity index (χ2v) is 7.78. The summed E-state index contributed by atoms with van der Waals surface area (Å²) in [5, 5.41) is 0. The van der Waals surface area contributed by atoms with Crippen LogP contribution in [0.2, 0.25) is 0 Å². The van der Waals surface area contributed by atoms with E-state index >= 15 is 0 Å². The molecule has 0 spiro atoms. The third-order valence-electron chi connectivity index (χ3n) is 5.74. The second-order valence-electron chi connectivity index (χ2n) is 7.78. The van der Waals surface area contributed by atoms with Gasteiger partial charge in [-0.05, 0) is 12.8 Å². The van der Waals surface area contributed by atoms with Crippen molar-refractivity contribution in [2.45, 2.75) is 76.7 Å². The first-order chi connectivity index (χ1) is 14.0. The van der Waals surface area contributed by atoms with Crippen LogP contribution in [0.4, 0.5) is 27.6 Å². The molecule has 0 aromatic heterocycles. The van der Waals surface area contributed by atoms with E-state index in [9.17, 15) is 22.0 Å². The molecule has 29 heavy (non-hydrogen) atoms. The average Bonchev–Trinajstić information content (AvgIpc) is 2.72. The summed E-state index contributed by atoms with van der Waals surface area (Å²) >= 11 is 0. The van der Waals surface area contributed by atoms with Crippen molar-refractivity contribution in [2.75, 3.05) is 4.90 Å². The highest BCUT2D eigenvalue weighted by Crippen LogP contribution is 2.32. The fourth-order valence-electron chi connectivity index (χ4n) is 4.05. The first-order valence-corrected chi connectivity index (χ1v) is 10.4. The van der Waals surface area contributed by atoms with Crippen molar-refractivity contribution >= 4 is 5.69 Å². The van der Waals surface area contributed by atoms with Gasteiger partial charge in [0, 0.05) is 30.8 Å². The van der Waals surface area contributed by atoms with Crippen LogP contribution in [0.15, 0.2) is 24.8 Å². The summed E-state index contributed by atoms with van der Waals surface area (Å²) in [6.07, 6.45) is 19.0. The molecule has 1 heterocycles. The first-order valence-electron chi connectivity index (χ1n) is 10.4. The molecule has 0 amide bonds. The van der Waals surface area contributed by atoms with E-state index in [0.717, 1.165) is 30.6 Å². The Labute approximate surface area is 168 Å². The van der Waals surface area contributed by atoms with Gasteiger partial charge >= 0.3 is 0 Å². The summed E-state index contributed by atoms with van der Waals surface area (Å²) in [6.45, 7) is 0. The van der Waals surface area contributed by atoms with E-state index in [4.69, 9.17) is 0 Å². The highest BCUT2D eigenvalue weighted by molar-refractivity contribution is 5.56. The van der Waals surface area contributed by atoms with Gasteiger partial charge in [0.1, 0.15) is 5.69 Å². The molecule has 1 aromatic rings. The van der Waals surface area contributed by atoms with Crippen molar-refractivity contribution in [1.29, 1.82) is 0 Å². The van der Waals surface area contributed by atoms with Crippen LogP contribution < -0.4 is 4.90 Å². The lowest BCUT2D eigenvalue weighted by molar-refractivity contribution is 0.300. The lowest BCUT2D eigenvalue weighted by atomic mass is 9.97. The normalized spacial score (nSPS) is 19.9. The number of benzene rings is 1.